The van der Waals surface area contributed by atoms with Crippen LogP contribution in [0.25, 0.3) is 10.6 Å². The maximum absolute atomic E-state index is 11.9. The van der Waals surface area contributed by atoms with Gasteiger partial charge in [-0.05, 0) is 44.0 Å². The number of carbonyl (C=O) groups excluding carboxylic acids is 1. The smallest absolute Gasteiger partial charge is 0.315 e. The Labute approximate surface area is 121 Å². The number of hydrogen-bond acceptors (Lipinski definition) is 5. The number of rotatable bonds is 3. The van der Waals surface area contributed by atoms with Crippen molar-refractivity contribution in [3.63, 3.8) is 0 Å². The number of ether oxygens (including phenoxy) is 1. The minimum Gasteiger partial charge on any atom is -0.508 e. The Morgan fingerprint density at radius 1 is 1.45 bits per heavy atom. The molecule has 1 N–H and O–H groups in total. The number of fused-ring (bicyclic) bond motifs is 1. The van der Waals surface area contributed by atoms with Gasteiger partial charge in [-0.2, -0.15) is 0 Å². The number of benzene rings is 1. The predicted octanol–water partition coefficient (Wildman–Crippen LogP) is 3.11. The topological polar surface area (TPSA) is 59.4 Å². The summed E-state index contributed by atoms with van der Waals surface area (Å²) in [6, 6.07) is 6.96. The Morgan fingerprint density at radius 2 is 2.20 bits per heavy atom. The lowest BCUT2D eigenvalue weighted by molar-refractivity contribution is -0.145. The summed E-state index contributed by atoms with van der Waals surface area (Å²) in [4.78, 5) is 17.7. The van der Waals surface area contributed by atoms with Crippen LogP contribution in [0.15, 0.2) is 24.3 Å². The zero-order valence-electron chi connectivity index (χ0n) is 11.1. The number of carbonyl (C=O) groups is 1. The molecular formula is C15H15NO3S. The molecule has 0 fully saturated rings. The molecule has 4 nitrogen and oxygen atoms in total. The van der Waals surface area contributed by atoms with E-state index in [0.29, 0.717) is 6.61 Å². The van der Waals surface area contributed by atoms with Gasteiger partial charge in [0.25, 0.3) is 0 Å². The number of aromatic nitrogens is 1. The van der Waals surface area contributed by atoms with Gasteiger partial charge in [-0.3, -0.25) is 4.79 Å². The molecule has 3 rings (SSSR count). The summed E-state index contributed by atoms with van der Waals surface area (Å²) >= 11 is 1.62. The van der Waals surface area contributed by atoms with Crippen molar-refractivity contribution in [2.24, 2.45) is 0 Å². The van der Waals surface area contributed by atoms with Crippen LogP contribution in [0.3, 0.4) is 0 Å². The van der Waals surface area contributed by atoms with Crippen molar-refractivity contribution in [2.45, 2.75) is 25.7 Å². The normalized spacial score (nSPS) is 16.9. The molecule has 1 aliphatic rings. The van der Waals surface area contributed by atoms with Crippen LogP contribution in [-0.4, -0.2) is 22.7 Å². The molecule has 1 atom stereocenters. The summed E-state index contributed by atoms with van der Waals surface area (Å²) in [6.45, 7) is 2.22. The SMILES string of the molecule is CCOC(=O)C1CCc2sc(-c3ccc(O)cc3)nc21. The fraction of sp³-hybridized carbons (Fsp3) is 0.333. The van der Waals surface area contributed by atoms with Gasteiger partial charge in [0.15, 0.2) is 0 Å². The molecule has 5 heteroatoms. The Hall–Kier alpha value is -1.88. The Morgan fingerprint density at radius 3 is 2.90 bits per heavy atom. The molecule has 2 aromatic rings. The second-order valence-electron chi connectivity index (χ2n) is 4.72. The van der Waals surface area contributed by atoms with Crippen LogP contribution in [0.1, 0.15) is 29.8 Å². The van der Waals surface area contributed by atoms with Crippen LogP contribution in [0.4, 0.5) is 0 Å². The Balaban J connectivity index is 1.90. The molecular weight excluding hydrogens is 274 g/mol. The van der Waals surface area contributed by atoms with E-state index >= 15 is 0 Å². The standard InChI is InChI=1S/C15H15NO3S/c1-2-19-15(18)11-7-8-12-13(11)16-14(20-12)9-3-5-10(17)6-4-9/h3-6,11,17H,2,7-8H2,1H3. The summed E-state index contributed by atoms with van der Waals surface area (Å²) in [5, 5.41) is 10.2. The number of aryl methyl sites for hydroxylation is 1. The number of phenols is 1. The third kappa shape index (κ3) is 2.29. The highest BCUT2D eigenvalue weighted by Gasteiger charge is 2.33. The van der Waals surface area contributed by atoms with Crippen LogP contribution in [0.5, 0.6) is 5.75 Å². The van der Waals surface area contributed by atoms with Crippen molar-refractivity contribution in [3.05, 3.63) is 34.8 Å². The molecule has 0 spiro atoms. The van der Waals surface area contributed by atoms with Crippen molar-refractivity contribution in [2.75, 3.05) is 6.61 Å². The van der Waals surface area contributed by atoms with Crippen LogP contribution >= 0.6 is 11.3 Å². The van der Waals surface area contributed by atoms with Gasteiger partial charge in [-0.1, -0.05) is 0 Å². The molecule has 0 radical (unpaired) electrons. The van der Waals surface area contributed by atoms with E-state index in [-0.39, 0.29) is 17.6 Å². The Kier molecular flexibility index (Phi) is 3.44. The van der Waals surface area contributed by atoms with Gasteiger partial charge in [0.1, 0.15) is 16.7 Å². The first kappa shape index (κ1) is 13.1. The van der Waals surface area contributed by atoms with E-state index in [1.54, 1.807) is 23.5 Å². The second-order valence-corrected chi connectivity index (χ2v) is 5.80. The molecule has 104 valence electrons. The lowest BCUT2D eigenvalue weighted by atomic mass is 10.1. The van der Waals surface area contributed by atoms with Crippen LogP contribution < -0.4 is 0 Å². The molecule has 1 heterocycles. The van der Waals surface area contributed by atoms with Gasteiger partial charge in [0.05, 0.1) is 12.3 Å². The third-order valence-electron chi connectivity index (χ3n) is 3.40. The van der Waals surface area contributed by atoms with E-state index in [1.165, 1.54) is 4.88 Å². The van der Waals surface area contributed by atoms with Gasteiger partial charge in [-0.25, -0.2) is 4.98 Å². The molecule has 0 saturated carbocycles. The van der Waals surface area contributed by atoms with Crippen molar-refractivity contribution in [1.82, 2.24) is 4.98 Å². The van der Waals surface area contributed by atoms with Gasteiger partial charge < -0.3 is 9.84 Å². The van der Waals surface area contributed by atoms with Crippen LogP contribution in [0.2, 0.25) is 0 Å². The average Bonchev–Trinajstić information content (AvgIpc) is 2.99. The summed E-state index contributed by atoms with van der Waals surface area (Å²) in [5.74, 6) is -0.150. The van der Waals surface area contributed by atoms with E-state index < -0.39 is 0 Å². The first-order valence-corrected chi connectivity index (χ1v) is 7.46. The minimum absolute atomic E-state index is 0.172. The molecule has 0 bridgehead atoms. The van der Waals surface area contributed by atoms with E-state index in [0.717, 1.165) is 29.1 Å². The first-order valence-electron chi connectivity index (χ1n) is 6.64. The summed E-state index contributed by atoms with van der Waals surface area (Å²) in [5.41, 5.74) is 1.83. The van der Waals surface area contributed by atoms with E-state index in [2.05, 4.69) is 4.98 Å². The maximum Gasteiger partial charge on any atom is 0.315 e. The molecule has 1 aromatic carbocycles. The predicted molar refractivity (Wildman–Crippen MR) is 76.9 cm³/mol. The van der Waals surface area contributed by atoms with Gasteiger partial charge >= 0.3 is 5.97 Å². The van der Waals surface area contributed by atoms with E-state index in [9.17, 15) is 9.90 Å². The molecule has 1 unspecified atom stereocenters. The number of aromatic hydroxyl groups is 1. The van der Waals surface area contributed by atoms with Crippen LogP contribution in [-0.2, 0) is 16.0 Å². The molecule has 0 saturated heterocycles. The lowest BCUT2D eigenvalue weighted by Gasteiger charge is -2.07. The van der Waals surface area contributed by atoms with Crippen molar-refractivity contribution < 1.29 is 14.6 Å². The summed E-state index contributed by atoms with van der Waals surface area (Å²) < 4.78 is 5.11. The number of esters is 1. The fourth-order valence-corrected chi connectivity index (χ4v) is 3.57. The highest BCUT2D eigenvalue weighted by Crippen LogP contribution is 2.40. The largest absolute Gasteiger partial charge is 0.508 e. The van der Waals surface area contributed by atoms with Crippen molar-refractivity contribution in [3.8, 4) is 16.3 Å². The maximum atomic E-state index is 11.9. The number of thiazole rings is 1. The van der Waals surface area contributed by atoms with E-state index in [4.69, 9.17) is 4.74 Å². The lowest BCUT2D eigenvalue weighted by Crippen LogP contribution is -2.14. The minimum atomic E-state index is -0.216. The zero-order chi connectivity index (χ0) is 14.1. The molecule has 1 aliphatic carbocycles. The quantitative estimate of drug-likeness (QED) is 0.882. The molecule has 20 heavy (non-hydrogen) atoms. The Bertz CT molecular complexity index is 633. The van der Waals surface area contributed by atoms with Gasteiger partial charge in [0.2, 0.25) is 0 Å². The highest BCUT2D eigenvalue weighted by molar-refractivity contribution is 7.15. The summed E-state index contributed by atoms with van der Waals surface area (Å²) in [7, 11) is 0. The van der Waals surface area contributed by atoms with Crippen molar-refractivity contribution in [1.29, 1.82) is 0 Å². The van der Waals surface area contributed by atoms with Crippen LogP contribution in [0, 0.1) is 0 Å². The van der Waals surface area contributed by atoms with Crippen molar-refractivity contribution >= 4 is 17.3 Å². The fourth-order valence-electron chi connectivity index (χ4n) is 2.43. The average molecular weight is 289 g/mol. The third-order valence-corrected chi connectivity index (χ3v) is 4.58. The highest BCUT2D eigenvalue weighted by atomic mass is 32.1. The first-order chi connectivity index (χ1) is 9.69. The van der Waals surface area contributed by atoms with E-state index in [1.807, 2.05) is 19.1 Å². The monoisotopic (exact) mass is 289 g/mol. The van der Waals surface area contributed by atoms with Gasteiger partial charge in [-0.15, -0.1) is 11.3 Å². The number of phenolic OH excluding ortho intramolecular Hbond substituents is 1. The second kappa shape index (κ2) is 5.25. The number of hydrogen-bond donors (Lipinski definition) is 1. The van der Waals surface area contributed by atoms with Gasteiger partial charge in [0, 0.05) is 10.4 Å². The molecule has 0 amide bonds. The number of nitrogens with zero attached hydrogens (tertiary/aromatic N) is 1. The summed E-state index contributed by atoms with van der Waals surface area (Å²) in [6.07, 6.45) is 1.68. The molecule has 1 aromatic heterocycles. The molecule has 0 aliphatic heterocycles. The zero-order valence-corrected chi connectivity index (χ0v) is 11.9.